The molecule has 1 aromatic carbocycles. The fraction of sp³-hybridized carbons (Fsp3) is 0.385. The molecule has 0 heterocycles. The maximum Gasteiger partial charge on any atom is 0.339 e. The van der Waals surface area contributed by atoms with Crippen LogP contribution in [0.3, 0.4) is 0 Å². The number of benzene rings is 1. The lowest BCUT2D eigenvalue weighted by molar-refractivity contribution is -0.116. The first-order chi connectivity index (χ1) is 9.76. The zero-order chi connectivity index (χ0) is 16.0. The van der Waals surface area contributed by atoms with Gasteiger partial charge in [0, 0.05) is 20.0 Å². The molecule has 0 aromatic heterocycles. The molecule has 7 nitrogen and oxygen atoms in total. The van der Waals surface area contributed by atoms with E-state index in [4.69, 9.17) is 0 Å². The van der Waals surface area contributed by atoms with Crippen LogP contribution < -0.4 is 9.62 Å². The van der Waals surface area contributed by atoms with Gasteiger partial charge < -0.3 is 9.64 Å². The van der Waals surface area contributed by atoms with Gasteiger partial charge in [0.05, 0.1) is 24.6 Å². The van der Waals surface area contributed by atoms with Gasteiger partial charge in [0.2, 0.25) is 15.9 Å². The van der Waals surface area contributed by atoms with Crippen LogP contribution in [0.15, 0.2) is 24.3 Å². The lowest BCUT2D eigenvalue weighted by Crippen LogP contribution is -2.38. The minimum atomic E-state index is -3.34. The maximum absolute atomic E-state index is 11.8. The molecular weight excluding hydrogens is 296 g/mol. The number of methoxy groups -OCH3 is 1. The van der Waals surface area contributed by atoms with Crippen molar-refractivity contribution in [2.75, 3.05) is 31.4 Å². The Hall–Kier alpha value is -1.93. The van der Waals surface area contributed by atoms with Crippen LogP contribution in [0.5, 0.6) is 0 Å². The minimum absolute atomic E-state index is 0.0495. The Morgan fingerprint density at radius 1 is 1.29 bits per heavy atom. The van der Waals surface area contributed by atoms with Crippen LogP contribution in [0.2, 0.25) is 0 Å². The van der Waals surface area contributed by atoms with Gasteiger partial charge in [-0.2, -0.15) is 0 Å². The topological polar surface area (TPSA) is 92.8 Å². The van der Waals surface area contributed by atoms with Crippen molar-refractivity contribution < 1.29 is 22.7 Å². The Bertz CT molecular complexity index is 627. The van der Waals surface area contributed by atoms with Crippen molar-refractivity contribution in [2.45, 2.75) is 6.92 Å². The van der Waals surface area contributed by atoms with Crippen molar-refractivity contribution in [3.8, 4) is 0 Å². The molecule has 0 unspecified atom stereocenters. The molecule has 0 spiro atoms. The molecule has 0 saturated carbocycles. The molecule has 0 bridgehead atoms. The highest BCUT2D eigenvalue weighted by molar-refractivity contribution is 7.88. The van der Waals surface area contributed by atoms with Gasteiger partial charge in [0.1, 0.15) is 0 Å². The van der Waals surface area contributed by atoms with E-state index >= 15 is 0 Å². The summed E-state index contributed by atoms with van der Waals surface area (Å²) in [7, 11) is -2.09. The van der Waals surface area contributed by atoms with E-state index in [9.17, 15) is 18.0 Å². The van der Waals surface area contributed by atoms with Gasteiger partial charge in [-0.15, -0.1) is 0 Å². The van der Waals surface area contributed by atoms with E-state index in [1.807, 2.05) is 0 Å². The van der Waals surface area contributed by atoms with Crippen molar-refractivity contribution in [3.63, 3.8) is 0 Å². The predicted molar refractivity (Wildman–Crippen MR) is 78.7 cm³/mol. The highest BCUT2D eigenvalue weighted by atomic mass is 32.2. The minimum Gasteiger partial charge on any atom is -0.465 e. The van der Waals surface area contributed by atoms with Gasteiger partial charge in [0.15, 0.2) is 0 Å². The Balaban J connectivity index is 3.01. The number of para-hydroxylation sites is 1. The molecule has 0 aliphatic carbocycles. The number of carbonyl (C=O) groups is 2. The van der Waals surface area contributed by atoms with Gasteiger partial charge in [-0.05, 0) is 12.1 Å². The molecule has 1 rings (SSSR count). The molecule has 1 N–H and O–H groups in total. The quantitative estimate of drug-likeness (QED) is 0.766. The van der Waals surface area contributed by atoms with Crippen LogP contribution in [0.1, 0.15) is 17.3 Å². The number of sulfonamides is 1. The molecule has 0 saturated heterocycles. The van der Waals surface area contributed by atoms with Crippen LogP contribution in [-0.2, 0) is 19.6 Å². The summed E-state index contributed by atoms with van der Waals surface area (Å²) >= 11 is 0. The Morgan fingerprint density at radius 2 is 1.90 bits per heavy atom. The Morgan fingerprint density at radius 3 is 2.43 bits per heavy atom. The fourth-order valence-electron chi connectivity index (χ4n) is 1.78. The summed E-state index contributed by atoms with van der Waals surface area (Å²) in [6, 6.07) is 6.49. The number of carbonyl (C=O) groups excluding carboxylic acids is 2. The number of ether oxygens (including phenoxy) is 1. The SMILES string of the molecule is COC(=O)c1ccccc1N(CCNS(C)(=O)=O)C(C)=O. The number of nitrogens with zero attached hydrogens (tertiary/aromatic N) is 1. The first-order valence-electron chi connectivity index (χ1n) is 6.16. The van der Waals surface area contributed by atoms with Crippen molar-refractivity contribution >= 4 is 27.6 Å². The molecule has 0 radical (unpaired) electrons. The monoisotopic (exact) mass is 314 g/mol. The van der Waals surface area contributed by atoms with E-state index < -0.39 is 16.0 Å². The average molecular weight is 314 g/mol. The molecule has 0 fully saturated rings. The van der Waals surface area contributed by atoms with E-state index in [0.29, 0.717) is 5.69 Å². The number of hydrogen-bond donors (Lipinski definition) is 1. The molecule has 8 heteroatoms. The molecule has 0 atom stereocenters. The third-order valence-electron chi connectivity index (χ3n) is 2.68. The highest BCUT2D eigenvalue weighted by Crippen LogP contribution is 2.21. The first kappa shape index (κ1) is 17.1. The maximum atomic E-state index is 11.8. The molecule has 21 heavy (non-hydrogen) atoms. The van der Waals surface area contributed by atoms with Crippen molar-refractivity contribution in [3.05, 3.63) is 29.8 Å². The molecule has 1 amide bonds. The third kappa shape index (κ3) is 5.16. The number of hydrogen-bond acceptors (Lipinski definition) is 5. The average Bonchev–Trinajstić information content (AvgIpc) is 2.41. The second-order valence-electron chi connectivity index (χ2n) is 4.35. The van der Waals surface area contributed by atoms with Crippen LogP contribution >= 0.6 is 0 Å². The lowest BCUT2D eigenvalue weighted by atomic mass is 10.1. The Labute approximate surface area is 123 Å². The largest absolute Gasteiger partial charge is 0.465 e. The number of nitrogens with one attached hydrogen (secondary N) is 1. The van der Waals surface area contributed by atoms with Crippen LogP contribution in [0, 0.1) is 0 Å². The molecule has 0 aliphatic heterocycles. The lowest BCUT2D eigenvalue weighted by Gasteiger charge is -2.23. The molecule has 0 aliphatic rings. The first-order valence-corrected chi connectivity index (χ1v) is 8.05. The summed E-state index contributed by atoms with van der Waals surface area (Å²) in [5.41, 5.74) is 0.627. The summed E-state index contributed by atoms with van der Waals surface area (Å²) in [5.74, 6) is -0.866. The van der Waals surface area contributed by atoms with E-state index in [2.05, 4.69) is 9.46 Å². The van der Waals surface area contributed by atoms with Crippen molar-refractivity contribution in [1.82, 2.24) is 4.72 Å². The summed E-state index contributed by atoms with van der Waals surface area (Å²) in [5, 5.41) is 0. The summed E-state index contributed by atoms with van der Waals surface area (Å²) in [4.78, 5) is 24.8. The number of anilines is 1. The molecule has 116 valence electrons. The number of esters is 1. The smallest absolute Gasteiger partial charge is 0.339 e. The standard InChI is InChI=1S/C13H18N2O5S/c1-10(16)15(9-8-14-21(3,18)19)12-7-5-4-6-11(12)13(17)20-2/h4-7,14H,8-9H2,1-3H3. The van der Waals surface area contributed by atoms with E-state index in [1.54, 1.807) is 24.3 Å². The second-order valence-corrected chi connectivity index (χ2v) is 6.18. The highest BCUT2D eigenvalue weighted by Gasteiger charge is 2.19. The van der Waals surface area contributed by atoms with Gasteiger partial charge in [-0.1, -0.05) is 12.1 Å². The van der Waals surface area contributed by atoms with E-state index in [1.165, 1.54) is 18.9 Å². The third-order valence-corrected chi connectivity index (χ3v) is 3.41. The van der Waals surface area contributed by atoms with Crippen LogP contribution in [0.25, 0.3) is 0 Å². The van der Waals surface area contributed by atoms with Crippen LogP contribution in [-0.4, -0.2) is 46.7 Å². The van der Waals surface area contributed by atoms with Gasteiger partial charge in [-0.25, -0.2) is 17.9 Å². The summed E-state index contributed by atoms with van der Waals surface area (Å²) < 4.78 is 29.1. The van der Waals surface area contributed by atoms with Gasteiger partial charge in [-0.3, -0.25) is 4.79 Å². The summed E-state index contributed by atoms with van der Waals surface area (Å²) in [6.45, 7) is 1.50. The number of amides is 1. The normalized spacial score (nSPS) is 11.0. The van der Waals surface area contributed by atoms with E-state index in [0.717, 1.165) is 6.26 Å². The van der Waals surface area contributed by atoms with E-state index in [-0.39, 0.29) is 24.6 Å². The van der Waals surface area contributed by atoms with Crippen molar-refractivity contribution in [1.29, 1.82) is 0 Å². The summed E-state index contributed by atoms with van der Waals surface area (Å²) in [6.07, 6.45) is 1.04. The predicted octanol–water partition coefficient (Wildman–Crippen LogP) is 0.375. The second kappa shape index (κ2) is 7.19. The van der Waals surface area contributed by atoms with Crippen molar-refractivity contribution in [2.24, 2.45) is 0 Å². The Kier molecular flexibility index (Phi) is 5.86. The molecule has 1 aromatic rings. The zero-order valence-corrected chi connectivity index (χ0v) is 12.9. The fourth-order valence-corrected chi connectivity index (χ4v) is 2.24. The van der Waals surface area contributed by atoms with Gasteiger partial charge >= 0.3 is 5.97 Å². The van der Waals surface area contributed by atoms with Gasteiger partial charge in [0.25, 0.3) is 0 Å². The van der Waals surface area contributed by atoms with Crippen LogP contribution in [0.4, 0.5) is 5.69 Å². The number of rotatable bonds is 6. The zero-order valence-electron chi connectivity index (χ0n) is 12.1. The molecular formula is C13H18N2O5S.